The fourth-order valence-electron chi connectivity index (χ4n) is 2.51. The molecule has 2 aromatic heterocycles. The van der Waals surface area contributed by atoms with Crippen molar-refractivity contribution in [1.29, 1.82) is 5.26 Å². The van der Waals surface area contributed by atoms with Gasteiger partial charge in [0.2, 0.25) is 0 Å². The maximum absolute atomic E-state index is 9.48. The Labute approximate surface area is 129 Å². The summed E-state index contributed by atoms with van der Waals surface area (Å²) in [5, 5.41) is 14.0. The van der Waals surface area contributed by atoms with Crippen molar-refractivity contribution >= 4 is 0 Å². The van der Waals surface area contributed by atoms with Gasteiger partial charge in [0.25, 0.3) is 0 Å². The zero-order valence-electron chi connectivity index (χ0n) is 12.9. The predicted molar refractivity (Wildman–Crippen MR) is 83.8 cm³/mol. The summed E-state index contributed by atoms with van der Waals surface area (Å²) in [6.45, 7) is 6.46. The first-order valence-corrected chi connectivity index (χ1v) is 7.14. The Morgan fingerprint density at radius 2 is 1.82 bits per heavy atom. The molecule has 0 aliphatic heterocycles. The van der Waals surface area contributed by atoms with E-state index < -0.39 is 0 Å². The number of para-hydroxylation sites is 1. The average molecular weight is 291 g/mol. The molecule has 0 saturated carbocycles. The van der Waals surface area contributed by atoms with Crippen molar-refractivity contribution in [2.24, 2.45) is 0 Å². The molecular formula is C17H17N5. The van der Waals surface area contributed by atoms with Crippen LogP contribution in [-0.2, 0) is 6.54 Å². The highest BCUT2D eigenvalue weighted by Gasteiger charge is 2.17. The second kappa shape index (κ2) is 5.49. The standard InChI is InChI=1S/C17H17N5/c1-12-14(3)21(11-19-12)10-17-16(9-18)13(2)20-22(17)15-7-5-4-6-8-15/h4-8,11H,10H2,1-3H3. The van der Waals surface area contributed by atoms with E-state index in [2.05, 4.69) is 16.2 Å². The Morgan fingerprint density at radius 3 is 2.41 bits per heavy atom. The van der Waals surface area contributed by atoms with E-state index in [1.165, 1.54) is 0 Å². The zero-order valence-corrected chi connectivity index (χ0v) is 12.9. The first-order valence-electron chi connectivity index (χ1n) is 7.14. The highest BCUT2D eigenvalue weighted by molar-refractivity contribution is 5.43. The summed E-state index contributed by atoms with van der Waals surface area (Å²) in [6, 6.07) is 12.2. The van der Waals surface area contributed by atoms with Crippen molar-refractivity contribution in [1.82, 2.24) is 19.3 Å². The third-order valence-corrected chi connectivity index (χ3v) is 3.93. The van der Waals surface area contributed by atoms with Crippen LogP contribution in [0, 0.1) is 32.1 Å². The number of benzene rings is 1. The maximum atomic E-state index is 9.48. The molecule has 2 heterocycles. The van der Waals surface area contributed by atoms with Gasteiger partial charge in [-0.25, -0.2) is 9.67 Å². The average Bonchev–Trinajstić information content (AvgIpc) is 3.02. The molecule has 3 aromatic rings. The Balaban J connectivity index is 2.13. The monoisotopic (exact) mass is 291 g/mol. The van der Waals surface area contributed by atoms with Gasteiger partial charge >= 0.3 is 0 Å². The van der Waals surface area contributed by atoms with E-state index in [1.54, 1.807) is 0 Å². The minimum absolute atomic E-state index is 0.575. The van der Waals surface area contributed by atoms with E-state index in [0.29, 0.717) is 12.1 Å². The molecule has 0 amide bonds. The van der Waals surface area contributed by atoms with Crippen LogP contribution in [0.4, 0.5) is 0 Å². The predicted octanol–water partition coefficient (Wildman–Crippen LogP) is 2.91. The number of nitriles is 1. The molecule has 5 heteroatoms. The first-order chi connectivity index (χ1) is 10.6. The molecule has 0 fully saturated rings. The summed E-state index contributed by atoms with van der Waals surface area (Å²) in [4.78, 5) is 4.33. The van der Waals surface area contributed by atoms with Crippen LogP contribution >= 0.6 is 0 Å². The number of imidazole rings is 1. The fraction of sp³-hybridized carbons (Fsp3) is 0.235. The molecular weight excluding hydrogens is 274 g/mol. The van der Waals surface area contributed by atoms with E-state index in [-0.39, 0.29) is 0 Å². The quantitative estimate of drug-likeness (QED) is 0.745. The number of aryl methyl sites for hydroxylation is 2. The molecule has 110 valence electrons. The van der Waals surface area contributed by atoms with Crippen molar-refractivity contribution in [3.05, 3.63) is 65.0 Å². The Hall–Kier alpha value is -2.87. The van der Waals surface area contributed by atoms with Crippen molar-refractivity contribution < 1.29 is 0 Å². The molecule has 3 rings (SSSR count). The second-order valence-corrected chi connectivity index (χ2v) is 5.31. The van der Waals surface area contributed by atoms with Crippen LogP contribution in [0.3, 0.4) is 0 Å². The van der Waals surface area contributed by atoms with Crippen LogP contribution in [0.25, 0.3) is 5.69 Å². The van der Waals surface area contributed by atoms with E-state index >= 15 is 0 Å². The molecule has 0 radical (unpaired) electrons. The van der Waals surface area contributed by atoms with E-state index in [9.17, 15) is 5.26 Å². The molecule has 1 aromatic carbocycles. The van der Waals surface area contributed by atoms with Gasteiger partial charge in [-0.1, -0.05) is 18.2 Å². The van der Waals surface area contributed by atoms with E-state index in [0.717, 1.165) is 28.5 Å². The Morgan fingerprint density at radius 1 is 1.09 bits per heavy atom. The molecule has 0 N–H and O–H groups in total. The van der Waals surface area contributed by atoms with Crippen LogP contribution in [0.15, 0.2) is 36.7 Å². The zero-order chi connectivity index (χ0) is 15.7. The number of hydrogen-bond donors (Lipinski definition) is 0. The lowest BCUT2D eigenvalue weighted by atomic mass is 10.2. The summed E-state index contributed by atoms with van der Waals surface area (Å²) in [7, 11) is 0. The Bertz CT molecular complexity index is 849. The molecule has 0 saturated heterocycles. The van der Waals surface area contributed by atoms with Gasteiger partial charge < -0.3 is 4.57 Å². The summed E-state index contributed by atoms with van der Waals surface area (Å²) in [5.74, 6) is 0. The highest BCUT2D eigenvalue weighted by Crippen LogP contribution is 2.20. The number of aromatic nitrogens is 4. The number of hydrogen-bond acceptors (Lipinski definition) is 3. The topological polar surface area (TPSA) is 59.4 Å². The van der Waals surface area contributed by atoms with Gasteiger partial charge in [0.1, 0.15) is 6.07 Å². The van der Waals surface area contributed by atoms with Gasteiger partial charge in [0.15, 0.2) is 0 Å². The van der Waals surface area contributed by atoms with Crippen LogP contribution < -0.4 is 0 Å². The highest BCUT2D eigenvalue weighted by atomic mass is 15.3. The largest absolute Gasteiger partial charge is 0.329 e. The second-order valence-electron chi connectivity index (χ2n) is 5.31. The number of nitrogens with zero attached hydrogens (tertiary/aromatic N) is 5. The fourth-order valence-corrected chi connectivity index (χ4v) is 2.51. The third-order valence-electron chi connectivity index (χ3n) is 3.93. The van der Waals surface area contributed by atoms with Crippen molar-refractivity contribution in [3.63, 3.8) is 0 Å². The summed E-state index contributed by atoms with van der Waals surface area (Å²) < 4.78 is 3.90. The van der Waals surface area contributed by atoms with Gasteiger partial charge in [0, 0.05) is 5.69 Å². The molecule has 0 aliphatic carbocycles. The lowest BCUT2D eigenvalue weighted by Gasteiger charge is -2.10. The minimum Gasteiger partial charge on any atom is -0.329 e. The Kier molecular flexibility index (Phi) is 3.51. The van der Waals surface area contributed by atoms with Crippen LogP contribution in [0.2, 0.25) is 0 Å². The minimum atomic E-state index is 0.575. The molecule has 0 atom stereocenters. The summed E-state index contributed by atoms with van der Waals surface area (Å²) >= 11 is 0. The van der Waals surface area contributed by atoms with Crippen molar-refractivity contribution in [3.8, 4) is 11.8 Å². The van der Waals surface area contributed by atoms with Crippen LogP contribution in [-0.4, -0.2) is 19.3 Å². The third kappa shape index (κ3) is 2.29. The van der Waals surface area contributed by atoms with Crippen LogP contribution in [0.5, 0.6) is 0 Å². The summed E-state index contributed by atoms with van der Waals surface area (Å²) in [5.41, 5.74) is 5.32. The first kappa shape index (κ1) is 14.1. The molecule has 0 aliphatic rings. The molecule has 5 nitrogen and oxygen atoms in total. The SMILES string of the molecule is Cc1nn(-c2ccccc2)c(Cn2cnc(C)c2C)c1C#N. The normalized spacial score (nSPS) is 10.6. The molecule has 0 bridgehead atoms. The van der Waals surface area contributed by atoms with Crippen molar-refractivity contribution in [2.45, 2.75) is 27.3 Å². The van der Waals surface area contributed by atoms with Crippen LogP contribution in [0.1, 0.15) is 28.3 Å². The van der Waals surface area contributed by atoms with Gasteiger partial charge in [-0.15, -0.1) is 0 Å². The van der Waals surface area contributed by atoms with Gasteiger partial charge in [0.05, 0.1) is 41.2 Å². The van der Waals surface area contributed by atoms with Gasteiger partial charge in [-0.2, -0.15) is 10.4 Å². The molecule has 0 spiro atoms. The smallest absolute Gasteiger partial charge is 0.103 e. The van der Waals surface area contributed by atoms with Crippen molar-refractivity contribution in [2.75, 3.05) is 0 Å². The van der Waals surface area contributed by atoms with Gasteiger partial charge in [-0.3, -0.25) is 0 Å². The maximum Gasteiger partial charge on any atom is 0.103 e. The lowest BCUT2D eigenvalue weighted by Crippen LogP contribution is -2.09. The summed E-state index contributed by atoms with van der Waals surface area (Å²) in [6.07, 6.45) is 1.81. The van der Waals surface area contributed by atoms with Gasteiger partial charge in [-0.05, 0) is 32.9 Å². The van der Waals surface area contributed by atoms with E-state index in [1.807, 2.05) is 66.7 Å². The van der Waals surface area contributed by atoms with E-state index in [4.69, 9.17) is 0 Å². The number of rotatable bonds is 3. The lowest BCUT2D eigenvalue weighted by molar-refractivity contribution is 0.700. The molecule has 22 heavy (non-hydrogen) atoms. The molecule has 0 unspecified atom stereocenters.